The van der Waals surface area contributed by atoms with Crippen molar-refractivity contribution in [1.29, 1.82) is 0 Å². The molecule has 1 unspecified atom stereocenters. The number of methoxy groups -OCH3 is 1. The molecule has 0 aromatic heterocycles. The van der Waals surface area contributed by atoms with Crippen LogP contribution in [0.1, 0.15) is 41.0 Å². The van der Waals surface area contributed by atoms with Crippen LogP contribution in [-0.4, -0.2) is 62.2 Å². The SMILES string of the molecule is COC(C)(C)CC1CN(CCOC(C)(C)C)CCO1. The van der Waals surface area contributed by atoms with Gasteiger partial charge in [-0.05, 0) is 34.6 Å². The van der Waals surface area contributed by atoms with Crippen molar-refractivity contribution >= 4 is 0 Å². The summed E-state index contributed by atoms with van der Waals surface area (Å²) in [6.07, 6.45) is 1.19. The zero-order valence-electron chi connectivity index (χ0n) is 13.5. The minimum atomic E-state index is -0.115. The number of ether oxygens (including phenoxy) is 3. The van der Waals surface area contributed by atoms with E-state index in [1.165, 1.54) is 0 Å². The highest BCUT2D eigenvalue weighted by atomic mass is 16.5. The van der Waals surface area contributed by atoms with Crippen LogP contribution in [-0.2, 0) is 14.2 Å². The van der Waals surface area contributed by atoms with Crippen molar-refractivity contribution < 1.29 is 14.2 Å². The molecule has 1 fully saturated rings. The standard InChI is InChI=1S/C15H31NO3/c1-14(2,3)19-10-8-16-7-9-18-13(12-16)11-15(4,5)17-6/h13H,7-12H2,1-6H3. The fourth-order valence-corrected chi connectivity index (χ4v) is 2.22. The third kappa shape index (κ3) is 7.25. The monoisotopic (exact) mass is 273 g/mol. The molecule has 1 atom stereocenters. The lowest BCUT2D eigenvalue weighted by molar-refractivity contribution is -0.0874. The van der Waals surface area contributed by atoms with Crippen LogP contribution in [0.25, 0.3) is 0 Å². The Balaban J connectivity index is 2.30. The number of hydrogen-bond acceptors (Lipinski definition) is 4. The van der Waals surface area contributed by atoms with E-state index in [4.69, 9.17) is 14.2 Å². The highest BCUT2D eigenvalue weighted by molar-refractivity contribution is 4.79. The average Bonchev–Trinajstić information content (AvgIpc) is 2.27. The summed E-state index contributed by atoms with van der Waals surface area (Å²) < 4.78 is 17.1. The summed E-state index contributed by atoms with van der Waals surface area (Å²) in [4.78, 5) is 2.42. The third-order valence-electron chi connectivity index (χ3n) is 3.44. The van der Waals surface area contributed by atoms with Crippen molar-refractivity contribution in [3.05, 3.63) is 0 Å². The largest absolute Gasteiger partial charge is 0.379 e. The van der Waals surface area contributed by atoms with Gasteiger partial charge in [-0.2, -0.15) is 0 Å². The van der Waals surface area contributed by atoms with Crippen LogP contribution in [0.3, 0.4) is 0 Å². The number of hydrogen-bond donors (Lipinski definition) is 0. The smallest absolute Gasteiger partial charge is 0.0729 e. The van der Waals surface area contributed by atoms with Crippen molar-refractivity contribution in [3.8, 4) is 0 Å². The van der Waals surface area contributed by atoms with E-state index in [1.54, 1.807) is 7.11 Å². The number of morpholine rings is 1. The number of nitrogens with zero attached hydrogens (tertiary/aromatic N) is 1. The molecule has 4 heteroatoms. The first-order valence-electron chi connectivity index (χ1n) is 7.25. The summed E-state index contributed by atoms with van der Waals surface area (Å²) in [6, 6.07) is 0. The van der Waals surface area contributed by atoms with E-state index in [2.05, 4.69) is 39.5 Å². The van der Waals surface area contributed by atoms with Gasteiger partial charge in [0.1, 0.15) is 0 Å². The summed E-state index contributed by atoms with van der Waals surface area (Å²) in [6.45, 7) is 15.0. The second kappa shape index (κ2) is 7.02. The molecular formula is C15H31NO3. The van der Waals surface area contributed by atoms with Crippen LogP contribution in [0.5, 0.6) is 0 Å². The summed E-state index contributed by atoms with van der Waals surface area (Å²) in [5.74, 6) is 0. The summed E-state index contributed by atoms with van der Waals surface area (Å²) in [7, 11) is 1.76. The predicted molar refractivity (Wildman–Crippen MR) is 77.6 cm³/mol. The molecule has 0 aromatic rings. The average molecular weight is 273 g/mol. The van der Waals surface area contributed by atoms with Gasteiger partial charge in [-0.15, -0.1) is 0 Å². The van der Waals surface area contributed by atoms with Gasteiger partial charge in [0.2, 0.25) is 0 Å². The van der Waals surface area contributed by atoms with E-state index < -0.39 is 0 Å². The molecule has 1 heterocycles. The summed E-state index contributed by atoms with van der Waals surface area (Å²) >= 11 is 0. The van der Waals surface area contributed by atoms with E-state index in [-0.39, 0.29) is 17.3 Å². The lowest BCUT2D eigenvalue weighted by Crippen LogP contribution is -2.46. The first-order chi connectivity index (χ1) is 8.72. The molecule has 0 amide bonds. The van der Waals surface area contributed by atoms with Crippen molar-refractivity contribution in [2.75, 3.05) is 40.0 Å². The molecule has 4 nitrogen and oxygen atoms in total. The van der Waals surface area contributed by atoms with Gasteiger partial charge in [0.05, 0.1) is 30.5 Å². The quantitative estimate of drug-likeness (QED) is 0.743. The second-order valence-corrected chi connectivity index (χ2v) is 6.92. The minimum absolute atomic E-state index is 0.0519. The molecule has 114 valence electrons. The van der Waals surface area contributed by atoms with Crippen LogP contribution in [0, 0.1) is 0 Å². The Labute approximate surface area is 118 Å². The maximum absolute atomic E-state index is 5.83. The van der Waals surface area contributed by atoms with E-state index >= 15 is 0 Å². The Bertz CT molecular complexity index is 261. The van der Waals surface area contributed by atoms with Gasteiger partial charge < -0.3 is 14.2 Å². The molecule has 0 radical (unpaired) electrons. The van der Waals surface area contributed by atoms with Crippen molar-refractivity contribution in [3.63, 3.8) is 0 Å². The molecule has 1 rings (SSSR count). The van der Waals surface area contributed by atoms with E-state index in [9.17, 15) is 0 Å². The number of rotatable bonds is 6. The lowest BCUT2D eigenvalue weighted by Gasteiger charge is -2.36. The fraction of sp³-hybridized carbons (Fsp3) is 1.00. The van der Waals surface area contributed by atoms with E-state index in [0.29, 0.717) is 0 Å². The van der Waals surface area contributed by atoms with Gasteiger partial charge in [0.25, 0.3) is 0 Å². The van der Waals surface area contributed by atoms with Crippen LogP contribution >= 0.6 is 0 Å². The van der Waals surface area contributed by atoms with Crippen molar-refractivity contribution in [2.45, 2.75) is 58.3 Å². The first kappa shape index (κ1) is 16.9. The van der Waals surface area contributed by atoms with Crippen LogP contribution in [0.2, 0.25) is 0 Å². The Hall–Kier alpha value is -0.160. The van der Waals surface area contributed by atoms with Crippen LogP contribution < -0.4 is 0 Å². The van der Waals surface area contributed by atoms with E-state index in [1.807, 2.05) is 0 Å². The maximum Gasteiger partial charge on any atom is 0.0729 e. The zero-order valence-corrected chi connectivity index (χ0v) is 13.5. The van der Waals surface area contributed by atoms with Gasteiger partial charge in [-0.25, -0.2) is 0 Å². The predicted octanol–water partition coefficient (Wildman–Crippen LogP) is 2.32. The van der Waals surface area contributed by atoms with Gasteiger partial charge in [-0.1, -0.05) is 0 Å². The molecule has 1 aliphatic rings. The van der Waals surface area contributed by atoms with Crippen molar-refractivity contribution in [1.82, 2.24) is 4.90 Å². The molecule has 0 N–H and O–H groups in total. The molecule has 0 bridgehead atoms. The normalized spacial score (nSPS) is 22.7. The highest BCUT2D eigenvalue weighted by Gasteiger charge is 2.27. The minimum Gasteiger partial charge on any atom is -0.379 e. The van der Waals surface area contributed by atoms with E-state index in [0.717, 1.165) is 39.3 Å². The molecule has 1 saturated heterocycles. The Morgan fingerprint density at radius 1 is 1.21 bits per heavy atom. The van der Waals surface area contributed by atoms with Gasteiger partial charge >= 0.3 is 0 Å². The second-order valence-electron chi connectivity index (χ2n) is 6.92. The topological polar surface area (TPSA) is 30.9 Å². The molecule has 0 aliphatic carbocycles. The molecule has 0 spiro atoms. The Kier molecular flexibility index (Phi) is 6.24. The van der Waals surface area contributed by atoms with Crippen LogP contribution in [0.15, 0.2) is 0 Å². The molecule has 0 aromatic carbocycles. The zero-order chi connectivity index (χ0) is 14.5. The van der Waals surface area contributed by atoms with Crippen molar-refractivity contribution in [2.24, 2.45) is 0 Å². The molecule has 19 heavy (non-hydrogen) atoms. The Morgan fingerprint density at radius 2 is 1.89 bits per heavy atom. The Morgan fingerprint density at radius 3 is 2.47 bits per heavy atom. The summed E-state index contributed by atoms with van der Waals surface area (Å²) in [5, 5.41) is 0. The first-order valence-corrected chi connectivity index (χ1v) is 7.25. The van der Waals surface area contributed by atoms with Crippen LogP contribution in [0.4, 0.5) is 0 Å². The van der Waals surface area contributed by atoms with Gasteiger partial charge in [-0.3, -0.25) is 4.90 Å². The summed E-state index contributed by atoms with van der Waals surface area (Å²) in [5.41, 5.74) is -0.167. The van der Waals surface area contributed by atoms with Gasteiger partial charge in [0, 0.05) is 33.2 Å². The maximum atomic E-state index is 5.83. The lowest BCUT2D eigenvalue weighted by atomic mass is 9.99. The van der Waals surface area contributed by atoms with Gasteiger partial charge in [0.15, 0.2) is 0 Å². The molecule has 0 saturated carbocycles. The third-order valence-corrected chi connectivity index (χ3v) is 3.44. The highest BCUT2D eigenvalue weighted by Crippen LogP contribution is 2.20. The molecular weight excluding hydrogens is 242 g/mol. The molecule has 1 aliphatic heterocycles. The fourth-order valence-electron chi connectivity index (χ4n) is 2.22.